The van der Waals surface area contributed by atoms with Gasteiger partial charge in [-0.05, 0) is 37.3 Å². The molecule has 3 aromatic heterocycles. The van der Waals surface area contributed by atoms with Crippen molar-refractivity contribution in [2.24, 2.45) is 5.73 Å². The Morgan fingerprint density at radius 2 is 2.14 bits per heavy atom. The lowest BCUT2D eigenvalue weighted by molar-refractivity contribution is -0.120. The summed E-state index contributed by atoms with van der Waals surface area (Å²) in [4.78, 5) is 24.0. The van der Waals surface area contributed by atoms with E-state index in [9.17, 15) is 14.7 Å². The van der Waals surface area contributed by atoms with Crippen LogP contribution < -0.4 is 15.8 Å². The average molecular weight is 395 g/mol. The number of benzene rings is 1. The Kier molecular flexibility index (Phi) is 4.61. The van der Waals surface area contributed by atoms with E-state index in [0.29, 0.717) is 28.1 Å². The maximum atomic E-state index is 12.7. The summed E-state index contributed by atoms with van der Waals surface area (Å²) in [6.07, 6.45) is 1.77. The van der Waals surface area contributed by atoms with Gasteiger partial charge in [0.2, 0.25) is 5.91 Å². The van der Waals surface area contributed by atoms with Crippen LogP contribution in [0.25, 0.3) is 16.6 Å². The quantitative estimate of drug-likeness (QED) is 0.444. The summed E-state index contributed by atoms with van der Waals surface area (Å²) in [5, 5.41) is 20.1. The molecule has 4 rings (SSSR count). The largest absolute Gasteiger partial charge is 0.461 e. The van der Waals surface area contributed by atoms with Gasteiger partial charge in [-0.3, -0.25) is 14.0 Å². The van der Waals surface area contributed by atoms with Gasteiger partial charge in [-0.25, -0.2) is 0 Å². The smallest absolute Gasteiger partial charge is 0.327 e. The van der Waals surface area contributed by atoms with Crippen LogP contribution in [0.2, 0.25) is 0 Å². The zero-order valence-corrected chi connectivity index (χ0v) is 15.3. The number of aliphatic hydroxyl groups excluding tert-OH is 1. The fourth-order valence-electron chi connectivity index (χ4n) is 2.98. The molecule has 0 fully saturated rings. The number of ether oxygens (including phenoxy) is 1. The van der Waals surface area contributed by atoms with Gasteiger partial charge in [-0.1, -0.05) is 11.2 Å². The third kappa shape index (κ3) is 3.36. The van der Waals surface area contributed by atoms with Crippen molar-refractivity contribution in [1.29, 1.82) is 0 Å². The van der Waals surface area contributed by atoms with Crippen molar-refractivity contribution in [3.05, 3.63) is 53.9 Å². The lowest BCUT2D eigenvalue weighted by Gasteiger charge is -2.12. The van der Waals surface area contributed by atoms with Crippen molar-refractivity contribution < 1.29 is 23.8 Å². The molecule has 1 aromatic carbocycles. The minimum atomic E-state index is -1.20. The molecular formula is C19H17N5O5. The topological polar surface area (TPSA) is 145 Å². The highest BCUT2D eigenvalue weighted by atomic mass is 16.5. The van der Waals surface area contributed by atoms with Crippen molar-refractivity contribution in [2.75, 3.05) is 6.61 Å². The molecule has 0 saturated heterocycles. The van der Waals surface area contributed by atoms with Crippen molar-refractivity contribution >= 4 is 28.4 Å². The molecule has 3 heterocycles. The number of nitrogens with one attached hydrogen (secondary N) is 1. The van der Waals surface area contributed by atoms with Crippen LogP contribution in [0, 0.1) is 6.92 Å². The molecule has 0 radical (unpaired) electrons. The molecule has 148 valence electrons. The Hall–Kier alpha value is -3.92. The molecule has 4 N–H and O–H groups in total. The van der Waals surface area contributed by atoms with E-state index >= 15 is 0 Å². The highest BCUT2D eigenvalue weighted by Gasteiger charge is 2.23. The average Bonchev–Trinajstić information content (AvgIpc) is 3.25. The minimum Gasteiger partial charge on any atom is -0.461 e. The number of primary amides is 1. The van der Waals surface area contributed by atoms with Gasteiger partial charge >= 0.3 is 6.01 Å². The second-order valence-corrected chi connectivity index (χ2v) is 6.32. The van der Waals surface area contributed by atoms with Crippen LogP contribution in [0.4, 0.5) is 0 Å². The van der Waals surface area contributed by atoms with E-state index in [0.717, 1.165) is 0 Å². The number of furan rings is 1. The van der Waals surface area contributed by atoms with E-state index in [4.69, 9.17) is 14.9 Å². The fraction of sp³-hybridized carbons (Fsp3) is 0.158. The zero-order valence-electron chi connectivity index (χ0n) is 15.3. The number of nitrogens with two attached hydrogens (primary N) is 1. The van der Waals surface area contributed by atoms with Crippen LogP contribution >= 0.6 is 0 Å². The van der Waals surface area contributed by atoms with Gasteiger partial charge in [-0.15, -0.1) is 5.10 Å². The van der Waals surface area contributed by atoms with Crippen LogP contribution in [0.15, 0.2) is 47.0 Å². The molecule has 29 heavy (non-hydrogen) atoms. The molecule has 10 heteroatoms. The maximum Gasteiger partial charge on any atom is 0.327 e. The number of aryl methyl sites for hydroxylation is 1. The summed E-state index contributed by atoms with van der Waals surface area (Å²) >= 11 is 0. The molecule has 4 aromatic rings. The molecule has 0 aliphatic carbocycles. The molecule has 0 aliphatic heterocycles. The third-order valence-corrected chi connectivity index (χ3v) is 4.39. The molecule has 0 unspecified atom stereocenters. The molecule has 0 spiro atoms. The first kappa shape index (κ1) is 18.4. The molecule has 0 bridgehead atoms. The normalized spacial score (nSPS) is 12.2. The molecular weight excluding hydrogens is 378 g/mol. The number of amides is 2. The van der Waals surface area contributed by atoms with Gasteiger partial charge < -0.3 is 25.3 Å². The zero-order chi connectivity index (χ0) is 20.5. The van der Waals surface area contributed by atoms with Gasteiger partial charge in [0.1, 0.15) is 23.1 Å². The van der Waals surface area contributed by atoms with E-state index in [1.54, 1.807) is 41.8 Å². The molecule has 0 aliphatic rings. The summed E-state index contributed by atoms with van der Waals surface area (Å²) < 4.78 is 13.1. The van der Waals surface area contributed by atoms with E-state index < -0.39 is 24.5 Å². The van der Waals surface area contributed by atoms with Crippen LogP contribution in [0.5, 0.6) is 11.8 Å². The Morgan fingerprint density at radius 3 is 2.90 bits per heavy atom. The Bertz CT molecular complexity index is 1230. The summed E-state index contributed by atoms with van der Waals surface area (Å²) in [6.45, 7) is 1.02. The summed E-state index contributed by atoms with van der Waals surface area (Å²) in [6, 6.07) is 9.49. The number of nitrogens with zero attached hydrogens (tertiary/aromatic N) is 3. The van der Waals surface area contributed by atoms with Gasteiger partial charge in [0.05, 0.1) is 12.2 Å². The lowest BCUT2D eigenvalue weighted by atomic mass is 10.1. The summed E-state index contributed by atoms with van der Waals surface area (Å²) in [7, 11) is 0. The standard InChI is InChI=1S/C19H17N5O5/c1-10-16(18(27)21-13(9-25)17(20)26)12-8-11(5-6-14(12)28-10)29-19-23-22-15-4-2-3-7-24(15)19/h2-8,13,25H,9H2,1H3,(H2,20,26)(H,21,27)/t13-/m0/s1. The predicted molar refractivity (Wildman–Crippen MR) is 102 cm³/mol. The van der Waals surface area contributed by atoms with Crippen molar-refractivity contribution in [3.63, 3.8) is 0 Å². The monoisotopic (exact) mass is 395 g/mol. The highest BCUT2D eigenvalue weighted by molar-refractivity contribution is 6.08. The number of pyridine rings is 1. The first-order chi connectivity index (χ1) is 14.0. The highest BCUT2D eigenvalue weighted by Crippen LogP contribution is 2.31. The first-order valence-corrected chi connectivity index (χ1v) is 8.69. The SMILES string of the molecule is Cc1oc2ccc(Oc3nnc4ccccn34)cc2c1C(=O)N[C@@H](CO)C(N)=O. The Morgan fingerprint density at radius 1 is 1.31 bits per heavy atom. The molecule has 10 nitrogen and oxygen atoms in total. The predicted octanol–water partition coefficient (Wildman–Crippen LogP) is 1.15. The number of hydrogen-bond donors (Lipinski definition) is 3. The number of carbonyl (C=O) groups excluding carboxylic acids is 2. The van der Waals surface area contributed by atoms with Crippen molar-refractivity contribution in [3.8, 4) is 11.8 Å². The maximum absolute atomic E-state index is 12.7. The van der Waals surface area contributed by atoms with E-state index in [2.05, 4.69) is 15.5 Å². The minimum absolute atomic E-state index is 0.219. The van der Waals surface area contributed by atoms with E-state index in [1.807, 2.05) is 12.1 Å². The molecule has 1 atom stereocenters. The van der Waals surface area contributed by atoms with Gasteiger partial charge in [-0.2, -0.15) is 0 Å². The first-order valence-electron chi connectivity index (χ1n) is 8.69. The van der Waals surface area contributed by atoms with Crippen LogP contribution in [0.3, 0.4) is 0 Å². The molecule has 0 saturated carbocycles. The third-order valence-electron chi connectivity index (χ3n) is 4.39. The molecule has 2 amide bonds. The van der Waals surface area contributed by atoms with Crippen LogP contribution in [-0.2, 0) is 4.79 Å². The van der Waals surface area contributed by atoms with Crippen molar-refractivity contribution in [1.82, 2.24) is 19.9 Å². The van der Waals surface area contributed by atoms with E-state index in [-0.39, 0.29) is 11.6 Å². The fourth-order valence-corrected chi connectivity index (χ4v) is 2.98. The number of aromatic nitrogens is 3. The van der Waals surface area contributed by atoms with Gasteiger partial charge in [0.15, 0.2) is 5.65 Å². The summed E-state index contributed by atoms with van der Waals surface area (Å²) in [5.41, 5.74) is 6.48. The number of carbonyl (C=O) groups is 2. The van der Waals surface area contributed by atoms with E-state index in [1.165, 1.54) is 0 Å². The second kappa shape index (κ2) is 7.24. The number of rotatable bonds is 6. The number of fused-ring (bicyclic) bond motifs is 2. The van der Waals surface area contributed by atoms with Crippen LogP contribution in [0.1, 0.15) is 16.1 Å². The van der Waals surface area contributed by atoms with Gasteiger partial charge in [0.25, 0.3) is 5.91 Å². The van der Waals surface area contributed by atoms with Crippen LogP contribution in [-0.4, -0.2) is 44.2 Å². The lowest BCUT2D eigenvalue weighted by Crippen LogP contribution is -2.46. The second-order valence-electron chi connectivity index (χ2n) is 6.32. The Balaban J connectivity index is 1.69. The Labute approximate surface area is 163 Å². The number of aliphatic hydroxyl groups is 1. The summed E-state index contributed by atoms with van der Waals surface area (Å²) in [5.74, 6) is -0.666. The van der Waals surface area contributed by atoms with Crippen molar-refractivity contribution in [2.45, 2.75) is 13.0 Å². The van der Waals surface area contributed by atoms with Gasteiger partial charge in [0, 0.05) is 11.6 Å². The number of hydrogen-bond acceptors (Lipinski definition) is 7.